The van der Waals surface area contributed by atoms with Gasteiger partial charge in [-0.15, -0.1) is 0 Å². The SMILES string of the molecule is Nc1ncc(Br)c(-c2cccnc2)c1Br. The lowest BCUT2D eigenvalue weighted by Crippen LogP contribution is -1.94. The van der Waals surface area contributed by atoms with Crippen molar-refractivity contribution in [3.8, 4) is 11.1 Å². The molecule has 0 atom stereocenters. The van der Waals surface area contributed by atoms with Crippen LogP contribution in [0.1, 0.15) is 0 Å². The Morgan fingerprint density at radius 1 is 1.20 bits per heavy atom. The minimum absolute atomic E-state index is 0.469. The van der Waals surface area contributed by atoms with Crippen LogP contribution in [0.5, 0.6) is 0 Å². The Bertz CT molecular complexity index is 486. The van der Waals surface area contributed by atoms with Crippen LogP contribution in [0.4, 0.5) is 5.82 Å². The molecule has 0 aliphatic carbocycles. The van der Waals surface area contributed by atoms with E-state index in [0.29, 0.717) is 5.82 Å². The van der Waals surface area contributed by atoms with E-state index in [9.17, 15) is 0 Å². The van der Waals surface area contributed by atoms with Gasteiger partial charge < -0.3 is 5.73 Å². The zero-order valence-corrected chi connectivity index (χ0v) is 10.8. The summed E-state index contributed by atoms with van der Waals surface area (Å²) in [5.41, 5.74) is 7.69. The van der Waals surface area contributed by atoms with Gasteiger partial charge in [-0.25, -0.2) is 4.98 Å². The lowest BCUT2D eigenvalue weighted by atomic mass is 10.1. The van der Waals surface area contributed by atoms with Crippen LogP contribution in [0, 0.1) is 0 Å². The third-order valence-electron chi connectivity index (χ3n) is 1.95. The highest BCUT2D eigenvalue weighted by atomic mass is 79.9. The summed E-state index contributed by atoms with van der Waals surface area (Å²) in [6.07, 6.45) is 5.20. The van der Waals surface area contributed by atoms with Gasteiger partial charge in [-0.2, -0.15) is 0 Å². The normalized spacial score (nSPS) is 10.3. The average Bonchev–Trinajstić information content (AvgIpc) is 2.26. The molecule has 2 rings (SSSR count). The first-order valence-electron chi connectivity index (χ1n) is 4.20. The van der Waals surface area contributed by atoms with Crippen LogP contribution in [0.2, 0.25) is 0 Å². The van der Waals surface area contributed by atoms with E-state index in [-0.39, 0.29) is 0 Å². The van der Waals surface area contributed by atoms with Crippen LogP contribution in [-0.2, 0) is 0 Å². The van der Waals surface area contributed by atoms with Gasteiger partial charge in [-0.05, 0) is 37.9 Å². The number of rotatable bonds is 1. The van der Waals surface area contributed by atoms with Crippen molar-refractivity contribution in [1.29, 1.82) is 0 Å². The summed E-state index contributed by atoms with van der Waals surface area (Å²) < 4.78 is 1.67. The highest BCUT2D eigenvalue weighted by molar-refractivity contribution is 9.11. The highest BCUT2D eigenvalue weighted by Gasteiger charge is 2.11. The summed E-state index contributed by atoms with van der Waals surface area (Å²) in [5.74, 6) is 0.469. The fourth-order valence-electron chi connectivity index (χ4n) is 1.26. The zero-order valence-electron chi connectivity index (χ0n) is 7.61. The van der Waals surface area contributed by atoms with E-state index in [1.807, 2.05) is 12.1 Å². The maximum Gasteiger partial charge on any atom is 0.138 e. The van der Waals surface area contributed by atoms with Crippen molar-refractivity contribution < 1.29 is 0 Å². The Hall–Kier alpha value is -0.940. The number of anilines is 1. The summed E-state index contributed by atoms with van der Waals surface area (Å²) in [5, 5.41) is 0. The summed E-state index contributed by atoms with van der Waals surface area (Å²) in [7, 11) is 0. The molecule has 0 unspecified atom stereocenters. The van der Waals surface area contributed by atoms with Gasteiger partial charge >= 0.3 is 0 Å². The minimum atomic E-state index is 0.469. The summed E-state index contributed by atoms with van der Waals surface area (Å²) >= 11 is 6.86. The number of pyridine rings is 2. The number of nitrogens with two attached hydrogens (primary N) is 1. The predicted octanol–water partition coefficient (Wildman–Crippen LogP) is 3.25. The quantitative estimate of drug-likeness (QED) is 0.874. The Morgan fingerprint density at radius 3 is 2.67 bits per heavy atom. The second-order valence-corrected chi connectivity index (χ2v) is 4.57. The number of hydrogen-bond donors (Lipinski definition) is 1. The molecule has 0 amide bonds. The molecule has 0 saturated heterocycles. The van der Waals surface area contributed by atoms with Gasteiger partial charge in [-0.1, -0.05) is 6.07 Å². The lowest BCUT2D eigenvalue weighted by Gasteiger charge is -2.08. The molecule has 0 radical (unpaired) electrons. The maximum absolute atomic E-state index is 5.73. The first-order chi connectivity index (χ1) is 7.20. The van der Waals surface area contributed by atoms with Gasteiger partial charge in [0.1, 0.15) is 5.82 Å². The van der Waals surface area contributed by atoms with Gasteiger partial charge in [0.2, 0.25) is 0 Å². The van der Waals surface area contributed by atoms with E-state index < -0.39 is 0 Å². The van der Waals surface area contributed by atoms with Crippen LogP contribution < -0.4 is 5.73 Å². The molecule has 2 heterocycles. The number of hydrogen-bond acceptors (Lipinski definition) is 3. The summed E-state index contributed by atoms with van der Waals surface area (Å²) in [6, 6.07) is 3.85. The van der Waals surface area contributed by atoms with Crippen LogP contribution in [0.3, 0.4) is 0 Å². The number of aromatic nitrogens is 2. The molecule has 76 valence electrons. The number of halogens is 2. The molecule has 2 N–H and O–H groups in total. The molecule has 0 aromatic carbocycles. The molecular weight excluding hydrogens is 322 g/mol. The second kappa shape index (κ2) is 4.28. The van der Waals surface area contributed by atoms with Gasteiger partial charge in [0.15, 0.2) is 0 Å². The van der Waals surface area contributed by atoms with Crippen LogP contribution in [0.15, 0.2) is 39.7 Å². The van der Waals surface area contributed by atoms with Crippen molar-refractivity contribution >= 4 is 37.7 Å². The van der Waals surface area contributed by atoms with Crippen molar-refractivity contribution in [1.82, 2.24) is 9.97 Å². The van der Waals surface area contributed by atoms with E-state index in [1.54, 1.807) is 18.6 Å². The molecular formula is C10H7Br2N3. The van der Waals surface area contributed by atoms with Crippen LogP contribution in [-0.4, -0.2) is 9.97 Å². The van der Waals surface area contributed by atoms with Crippen LogP contribution in [0.25, 0.3) is 11.1 Å². The van der Waals surface area contributed by atoms with E-state index >= 15 is 0 Å². The van der Waals surface area contributed by atoms with Gasteiger partial charge in [-0.3, -0.25) is 4.98 Å². The van der Waals surface area contributed by atoms with E-state index in [1.165, 1.54) is 0 Å². The molecule has 0 aliphatic rings. The molecule has 0 bridgehead atoms. The smallest absolute Gasteiger partial charge is 0.138 e. The molecule has 2 aromatic heterocycles. The summed E-state index contributed by atoms with van der Waals surface area (Å²) in [6.45, 7) is 0. The fourth-order valence-corrected chi connectivity index (χ4v) is 2.60. The fraction of sp³-hybridized carbons (Fsp3) is 0. The topological polar surface area (TPSA) is 51.8 Å². The molecule has 0 saturated carbocycles. The Morgan fingerprint density at radius 2 is 2.00 bits per heavy atom. The monoisotopic (exact) mass is 327 g/mol. The number of nitrogens with zero attached hydrogens (tertiary/aromatic N) is 2. The van der Waals surface area contributed by atoms with Crippen LogP contribution >= 0.6 is 31.9 Å². The van der Waals surface area contributed by atoms with E-state index in [4.69, 9.17) is 5.73 Å². The van der Waals surface area contributed by atoms with E-state index in [2.05, 4.69) is 41.8 Å². The molecule has 0 fully saturated rings. The highest BCUT2D eigenvalue weighted by Crippen LogP contribution is 2.36. The molecule has 5 heteroatoms. The Balaban J connectivity index is 2.68. The zero-order chi connectivity index (χ0) is 10.8. The Labute approximate surface area is 104 Å². The predicted molar refractivity (Wildman–Crippen MR) is 67.3 cm³/mol. The molecule has 0 aliphatic heterocycles. The first-order valence-corrected chi connectivity index (χ1v) is 5.78. The number of nitrogen functional groups attached to an aromatic ring is 1. The summed E-state index contributed by atoms with van der Waals surface area (Å²) in [4.78, 5) is 8.10. The second-order valence-electron chi connectivity index (χ2n) is 2.92. The maximum atomic E-state index is 5.73. The minimum Gasteiger partial charge on any atom is -0.383 e. The molecule has 15 heavy (non-hydrogen) atoms. The average molecular weight is 329 g/mol. The van der Waals surface area contributed by atoms with Gasteiger partial charge in [0, 0.05) is 34.2 Å². The van der Waals surface area contributed by atoms with Gasteiger partial charge in [0.25, 0.3) is 0 Å². The van der Waals surface area contributed by atoms with Gasteiger partial charge in [0.05, 0.1) is 4.47 Å². The molecule has 3 nitrogen and oxygen atoms in total. The van der Waals surface area contributed by atoms with Crippen molar-refractivity contribution in [2.45, 2.75) is 0 Å². The molecule has 2 aromatic rings. The Kier molecular flexibility index (Phi) is 3.02. The van der Waals surface area contributed by atoms with E-state index in [0.717, 1.165) is 20.1 Å². The largest absolute Gasteiger partial charge is 0.383 e. The van der Waals surface area contributed by atoms with Crippen molar-refractivity contribution in [2.75, 3.05) is 5.73 Å². The molecule has 0 spiro atoms. The standard InChI is InChI=1S/C10H7Br2N3/c11-7-5-15-10(13)9(12)8(7)6-2-1-3-14-4-6/h1-5H,(H2,13,15). The van der Waals surface area contributed by atoms with Crippen molar-refractivity contribution in [3.05, 3.63) is 39.7 Å². The third-order valence-corrected chi connectivity index (χ3v) is 3.35. The van der Waals surface area contributed by atoms with Crippen molar-refractivity contribution in [2.24, 2.45) is 0 Å². The first kappa shape index (κ1) is 10.6. The third kappa shape index (κ3) is 2.03. The lowest BCUT2D eigenvalue weighted by molar-refractivity contribution is 1.28. The van der Waals surface area contributed by atoms with Crippen molar-refractivity contribution in [3.63, 3.8) is 0 Å².